The van der Waals surface area contributed by atoms with Gasteiger partial charge < -0.3 is 15.0 Å². The van der Waals surface area contributed by atoms with Gasteiger partial charge in [0.2, 0.25) is 5.91 Å². The van der Waals surface area contributed by atoms with Gasteiger partial charge in [0.25, 0.3) is 5.91 Å². The third kappa shape index (κ3) is 4.13. The summed E-state index contributed by atoms with van der Waals surface area (Å²) in [5.41, 5.74) is 3.89. The molecule has 0 spiro atoms. The van der Waals surface area contributed by atoms with Crippen LogP contribution in [0.5, 0.6) is 5.75 Å². The molecule has 0 saturated heterocycles. The highest BCUT2D eigenvalue weighted by atomic mass is 16.5. The van der Waals surface area contributed by atoms with Gasteiger partial charge in [-0.05, 0) is 68.0 Å². The Morgan fingerprint density at radius 1 is 1.19 bits per heavy atom. The summed E-state index contributed by atoms with van der Waals surface area (Å²) in [5.74, 6) is 0.878. The number of nitrogens with zero attached hydrogens (tertiary/aromatic N) is 1. The van der Waals surface area contributed by atoms with Gasteiger partial charge in [-0.25, -0.2) is 0 Å². The topological polar surface area (TPSA) is 58.6 Å². The molecule has 1 fully saturated rings. The fraction of sp³-hybridized carbons (Fsp3) is 0.364. The minimum Gasteiger partial charge on any atom is -0.484 e. The molecule has 1 heterocycles. The van der Waals surface area contributed by atoms with Gasteiger partial charge in [-0.2, -0.15) is 0 Å². The number of benzene rings is 2. The summed E-state index contributed by atoms with van der Waals surface area (Å²) in [4.78, 5) is 26.7. The average Bonchev–Trinajstić information content (AvgIpc) is 3.51. The Balaban J connectivity index is 1.42. The number of ether oxygens (including phenoxy) is 1. The Morgan fingerprint density at radius 2 is 2.04 bits per heavy atom. The van der Waals surface area contributed by atoms with Crippen molar-refractivity contribution in [3.63, 3.8) is 0 Å². The zero-order valence-electron chi connectivity index (χ0n) is 15.5. The molecule has 4 rings (SSSR count). The van der Waals surface area contributed by atoms with E-state index < -0.39 is 0 Å². The summed E-state index contributed by atoms with van der Waals surface area (Å²) in [5, 5.41) is 2.88. The van der Waals surface area contributed by atoms with E-state index in [4.69, 9.17) is 4.74 Å². The van der Waals surface area contributed by atoms with E-state index in [1.807, 2.05) is 54.3 Å². The van der Waals surface area contributed by atoms with Crippen LogP contribution in [0.4, 0.5) is 11.4 Å². The predicted octanol–water partition coefficient (Wildman–Crippen LogP) is 3.70. The molecule has 0 unspecified atom stereocenters. The van der Waals surface area contributed by atoms with Gasteiger partial charge in [-0.15, -0.1) is 0 Å². The number of hydrogen-bond acceptors (Lipinski definition) is 3. The Labute approximate surface area is 159 Å². The molecule has 1 N–H and O–H groups in total. The van der Waals surface area contributed by atoms with Crippen molar-refractivity contribution in [1.29, 1.82) is 0 Å². The molecule has 5 nitrogen and oxygen atoms in total. The molecule has 27 heavy (non-hydrogen) atoms. The summed E-state index contributed by atoms with van der Waals surface area (Å²) in [6.07, 6.45) is 3.95. The van der Waals surface area contributed by atoms with Crippen molar-refractivity contribution in [3.8, 4) is 5.75 Å². The van der Waals surface area contributed by atoms with Gasteiger partial charge in [0, 0.05) is 23.8 Å². The maximum Gasteiger partial charge on any atom is 0.262 e. The lowest BCUT2D eigenvalue weighted by molar-refractivity contribution is -0.120. The van der Waals surface area contributed by atoms with Gasteiger partial charge in [0.05, 0.1) is 0 Å². The van der Waals surface area contributed by atoms with E-state index in [0.717, 1.165) is 43.5 Å². The summed E-state index contributed by atoms with van der Waals surface area (Å²) in [6, 6.07) is 13.4. The molecule has 1 aliphatic heterocycles. The first-order chi connectivity index (χ1) is 13.1. The zero-order valence-corrected chi connectivity index (χ0v) is 15.5. The average molecular weight is 364 g/mol. The van der Waals surface area contributed by atoms with Crippen LogP contribution in [0, 0.1) is 12.8 Å². The van der Waals surface area contributed by atoms with Crippen LogP contribution in [-0.4, -0.2) is 25.0 Å². The lowest BCUT2D eigenvalue weighted by atomic mass is 10.0. The molecule has 5 heteroatoms. The smallest absolute Gasteiger partial charge is 0.262 e. The van der Waals surface area contributed by atoms with Crippen molar-refractivity contribution in [3.05, 3.63) is 53.6 Å². The van der Waals surface area contributed by atoms with Crippen LogP contribution >= 0.6 is 0 Å². The highest BCUT2D eigenvalue weighted by Gasteiger charge is 2.35. The first-order valence-electron chi connectivity index (χ1n) is 9.54. The fourth-order valence-corrected chi connectivity index (χ4v) is 3.48. The molecular formula is C22H24N2O3. The number of nitrogens with one attached hydrogen (secondary N) is 1. The second kappa shape index (κ2) is 7.43. The van der Waals surface area contributed by atoms with Crippen LogP contribution in [0.3, 0.4) is 0 Å². The Hall–Kier alpha value is -2.82. The number of fused-ring (bicyclic) bond motifs is 1. The highest BCUT2D eigenvalue weighted by Crippen LogP contribution is 2.36. The first-order valence-corrected chi connectivity index (χ1v) is 9.54. The molecule has 1 aliphatic carbocycles. The molecule has 2 aromatic carbocycles. The lowest BCUT2D eigenvalue weighted by Crippen LogP contribution is -2.36. The maximum absolute atomic E-state index is 12.6. The Morgan fingerprint density at radius 3 is 2.81 bits per heavy atom. The van der Waals surface area contributed by atoms with Crippen molar-refractivity contribution >= 4 is 23.2 Å². The van der Waals surface area contributed by atoms with E-state index in [2.05, 4.69) is 5.32 Å². The standard InChI is InChI=1S/C22H24N2O3/c1-15-4-2-6-19(12-15)27-14-21(25)23-18-10-9-16-5-3-11-24(20(16)13-18)22(26)17-7-8-17/h2,4,6,9-10,12-13,17H,3,5,7-8,11,14H2,1H3,(H,23,25). The third-order valence-electron chi connectivity index (χ3n) is 5.04. The van der Waals surface area contributed by atoms with Crippen LogP contribution in [0.1, 0.15) is 30.4 Å². The van der Waals surface area contributed by atoms with Crippen LogP contribution in [0.25, 0.3) is 0 Å². The molecule has 0 radical (unpaired) electrons. The SMILES string of the molecule is Cc1cccc(OCC(=O)Nc2ccc3c(c2)N(C(=O)C2CC2)CCC3)c1. The quantitative estimate of drug-likeness (QED) is 0.880. The van der Waals surface area contributed by atoms with Crippen LogP contribution in [0.15, 0.2) is 42.5 Å². The molecule has 1 saturated carbocycles. The number of carbonyl (C=O) groups is 2. The minimum atomic E-state index is -0.215. The zero-order chi connectivity index (χ0) is 18.8. The molecule has 0 bridgehead atoms. The van der Waals surface area contributed by atoms with Crippen LogP contribution in [0.2, 0.25) is 0 Å². The number of anilines is 2. The number of aryl methyl sites for hydroxylation is 2. The van der Waals surface area contributed by atoms with Crippen molar-refractivity contribution in [2.24, 2.45) is 5.92 Å². The molecule has 2 aromatic rings. The molecule has 0 aromatic heterocycles. The van der Waals surface area contributed by atoms with Gasteiger partial charge >= 0.3 is 0 Å². The summed E-state index contributed by atoms with van der Waals surface area (Å²) in [7, 11) is 0. The highest BCUT2D eigenvalue weighted by molar-refractivity contribution is 5.99. The van der Waals surface area contributed by atoms with Crippen LogP contribution in [-0.2, 0) is 16.0 Å². The number of hydrogen-bond donors (Lipinski definition) is 1. The molecule has 2 aliphatic rings. The second-order valence-corrected chi connectivity index (χ2v) is 7.36. The third-order valence-corrected chi connectivity index (χ3v) is 5.04. The normalized spacial score (nSPS) is 15.8. The van der Waals surface area contributed by atoms with E-state index >= 15 is 0 Å². The van der Waals surface area contributed by atoms with E-state index in [1.165, 1.54) is 5.56 Å². The number of amides is 2. The monoisotopic (exact) mass is 364 g/mol. The van der Waals surface area contributed by atoms with E-state index in [9.17, 15) is 9.59 Å². The van der Waals surface area contributed by atoms with Gasteiger partial charge in [0.1, 0.15) is 5.75 Å². The summed E-state index contributed by atoms with van der Waals surface area (Å²) in [6.45, 7) is 2.69. The number of rotatable bonds is 5. The van der Waals surface area contributed by atoms with Crippen LogP contribution < -0.4 is 15.0 Å². The second-order valence-electron chi connectivity index (χ2n) is 7.36. The molecule has 140 valence electrons. The number of carbonyl (C=O) groups excluding carboxylic acids is 2. The molecule has 2 amide bonds. The van der Waals surface area contributed by atoms with Gasteiger partial charge in [-0.1, -0.05) is 18.2 Å². The summed E-state index contributed by atoms with van der Waals surface area (Å²) >= 11 is 0. The van der Waals surface area contributed by atoms with Crippen molar-refractivity contribution in [1.82, 2.24) is 0 Å². The Bertz CT molecular complexity index is 874. The van der Waals surface area contributed by atoms with Crippen molar-refractivity contribution in [2.75, 3.05) is 23.4 Å². The summed E-state index contributed by atoms with van der Waals surface area (Å²) < 4.78 is 5.56. The van der Waals surface area contributed by atoms with E-state index in [0.29, 0.717) is 11.4 Å². The predicted molar refractivity (Wildman–Crippen MR) is 105 cm³/mol. The first kappa shape index (κ1) is 17.6. The minimum absolute atomic E-state index is 0.0503. The van der Waals surface area contributed by atoms with Crippen molar-refractivity contribution in [2.45, 2.75) is 32.6 Å². The van der Waals surface area contributed by atoms with Crippen molar-refractivity contribution < 1.29 is 14.3 Å². The largest absolute Gasteiger partial charge is 0.484 e. The maximum atomic E-state index is 12.6. The fourth-order valence-electron chi connectivity index (χ4n) is 3.48. The molecular weight excluding hydrogens is 340 g/mol. The van der Waals surface area contributed by atoms with E-state index in [1.54, 1.807) is 0 Å². The van der Waals surface area contributed by atoms with Gasteiger partial charge in [-0.3, -0.25) is 9.59 Å². The van der Waals surface area contributed by atoms with Gasteiger partial charge in [0.15, 0.2) is 6.61 Å². The molecule has 0 atom stereocenters. The van der Waals surface area contributed by atoms with E-state index in [-0.39, 0.29) is 24.3 Å². The Kier molecular flexibility index (Phi) is 4.84. The lowest BCUT2D eigenvalue weighted by Gasteiger charge is -2.30.